The van der Waals surface area contributed by atoms with Crippen LogP contribution in [0.2, 0.25) is 0 Å². The zero-order chi connectivity index (χ0) is 17.3. The van der Waals surface area contributed by atoms with Crippen LogP contribution in [0.15, 0.2) is 48.5 Å². The first-order chi connectivity index (χ1) is 11.5. The minimum atomic E-state index is -0.995. The van der Waals surface area contributed by atoms with Crippen LogP contribution in [0.4, 0.5) is 10.1 Å². The highest BCUT2D eigenvalue weighted by molar-refractivity contribution is 6.00. The molecule has 5 heteroatoms. The predicted octanol–water partition coefficient (Wildman–Crippen LogP) is 3.35. The van der Waals surface area contributed by atoms with Gasteiger partial charge in [-0.05, 0) is 44.0 Å². The molecule has 0 aliphatic carbocycles. The zero-order valence-electron chi connectivity index (χ0n) is 13.5. The number of carbonyl (C=O) groups excluding carboxylic acids is 2. The Bertz CT molecular complexity index is 790. The Labute approximate surface area is 139 Å². The number of hydrogen-bond donors (Lipinski definition) is 0. The average Bonchev–Trinajstić information content (AvgIpc) is 2.90. The van der Waals surface area contributed by atoms with Crippen LogP contribution >= 0.6 is 0 Å². The van der Waals surface area contributed by atoms with Crippen LogP contribution in [0.5, 0.6) is 0 Å². The summed E-state index contributed by atoms with van der Waals surface area (Å²) in [4.78, 5) is 26.5. The number of esters is 1. The molecule has 4 nitrogen and oxygen atoms in total. The van der Waals surface area contributed by atoms with Crippen molar-refractivity contribution in [2.75, 3.05) is 4.90 Å². The molecule has 3 rings (SSSR count). The van der Waals surface area contributed by atoms with Crippen LogP contribution in [-0.2, 0) is 16.0 Å². The van der Waals surface area contributed by atoms with Gasteiger partial charge in [0.15, 0.2) is 6.10 Å². The van der Waals surface area contributed by atoms with Crippen molar-refractivity contribution in [1.82, 2.24) is 0 Å². The number of nitrogens with zero attached hydrogens (tertiary/aromatic N) is 1. The van der Waals surface area contributed by atoms with E-state index in [4.69, 9.17) is 4.74 Å². The van der Waals surface area contributed by atoms with Gasteiger partial charge in [-0.1, -0.05) is 30.3 Å². The largest absolute Gasteiger partial charge is 0.449 e. The van der Waals surface area contributed by atoms with E-state index in [0.29, 0.717) is 0 Å². The number of fused-ring (bicyclic) bond motifs is 1. The third kappa shape index (κ3) is 2.89. The van der Waals surface area contributed by atoms with E-state index in [1.165, 1.54) is 25.1 Å². The number of ether oxygens (including phenoxy) is 1. The minimum Gasteiger partial charge on any atom is -0.449 e. The fourth-order valence-corrected chi connectivity index (χ4v) is 3.00. The maximum Gasteiger partial charge on any atom is 0.341 e. The molecule has 124 valence electrons. The third-order valence-electron chi connectivity index (χ3n) is 4.17. The summed E-state index contributed by atoms with van der Waals surface area (Å²) in [7, 11) is 0. The maximum atomic E-state index is 13.7. The monoisotopic (exact) mass is 327 g/mol. The number of anilines is 1. The lowest BCUT2D eigenvalue weighted by atomic mass is 10.1. The van der Waals surface area contributed by atoms with E-state index >= 15 is 0 Å². The number of hydrogen-bond acceptors (Lipinski definition) is 3. The van der Waals surface area contributed by atoms with Crippen molar-refractivity contribution < 1.29 is 18.7 Å². The molecule has 24 heavy (non-hydrogen) atoms. The highest BCUT2D eigenvalue weighted by atomic mass is 19.1. The van der Waals surface area contributed by atoms with Gasteiger partial charge in [-0.15, -0.1) is 0 Å². The molecule has 0 N–H and O–H groups in total. The Kier molecular flexibility index (Phi) is 4.34. The molecule has 0 saturated carbocycles. The van der Waals surface area contributed by atoms with Crippen molar-refractivity contribution in [2.24, 2.45) is 0 Å². The highest BCUT2D eigenvalue weighted by Gasteiger charge is 2.34. The first kappa shape index (κ1) is 16.2. The van der Waals surface area contributed by atoms with Crippen LogP contribution in [0.3, 0.4) is 0 Å². The molecule has 0 fully saturated rings. The van der Waals surface area contributed by atoms with Gasteiger partial charge in [0, 0.05) is 11.7 Å². The second kappa shape index (κ2) is 6.43. The number of amides is 1. The van der Waals surface area contributed by atoms with Gasteiger partial charge in [-0.25, -0.2) is 9.18 Å². The molecule has 0 unspecified atom stereocenters. The molecule has 1 aliphatic heterocycles. The Hall–Kier alpha value is -2.69. The number of benzene rings is 2. The molecule has 1 heterocycles. The van der Waals surface area contributed by atoms with E-state index in [0.717, 1.165) is 17.7 Å². The van der Waals surface area contributed by atoms with E-state index in [1.807, 2.05) is 31.2 Å². The van der Waals surface area contributed by atoms with E-state index in [-0.39, 0.29) is 17.5 Å². The van der Waals surface area contributed by atoms with E-state index in [1.54, 1.807) is 11.0 Å². The van der Waals surface area contributed by atoms with Crippen molar-refractivity contribution in [3.05, 3.63) is 65.5 Å². The molecule has 0 bridgehead atoms. The lowest BCUT2D eigenvalue weighted by Gasteiger charge is -2.26. The number of halogens is 1. The Morgan fingerprint density at radius 2 is 1.83 bits per heavy atom. The summed E-state index contributed by atoms with van der Waals surface area (Å²) in [6.45, 7) is 3.46. The molecule has 0 aromatic heterocycles. The Balaban J connectivity index is 1.76. The lowest BCUT2D eigenvalue weighted by molar-refractivity contribution is -0.126. The van der Waals surface area contributed by atoms with Crippen molar-refractivity contribution in [3.63, 3.8) is 0 Å². The van der Waals surface area contributed by atoms with Gasteiger partial charge in [0.2, 0.25) is 0 Å². The van der Waals surface area contributed by atoms with Crippen molar-refractivity contribution >= 4 is 17.6 Å². The molecule has 1 aliphatic rings. The van der Waals surface area contributed by atoms with Crippen molar-refractivity contribution in [3.8, 4) is 0 Å². The summed E-state index contributed by atoms with van der Waals surface area (Å²) < 4.78 is 18.8. The topological polar surface area (TPSA) is 46.6 Å². The standard InChI is InChI=1S/C19H18FNO3/c1-12-11-14-7-3-6-10-17(14)21(12)18(22)13(2)24-19(23)15-8-4-5-9-16(15)20/h3-10,12-13H,11H2,1-2H3/t12-,13-/m0/s1. The summed E-state index contributed by atoms with van der Waals surface area (Å²) in [5.74, 6) is -1.81. The number of rotatable bonds is 3. The highest BCUT2D eigenvalue weighted by Crippen LogP contribution is 2.32. The molecule has 2 aromatic rings. The quantitative estimate of drug-likeness (QED) is 0.812. The lowest BCUT2D eigenvalue weighted by Crippen LogP contribution is -2.43. The second-order valence-corrected chi connectivity index (χ2v) is 5.92. The summed E-state index contributed by atoms with van der Waals surface area (Å²) in [5, 5.41) is 0. The second-order valence-electron chi connectivity index (χ2n) is 5.92. The van der Waals surface area contributed by atoms with Gasteiger partial charge >= 0.3 is 5.97 Å². The molecule has 2 atom stereocenters. The Morgan fingerprint density at radius 1 is 1.17 bits per heavy atom. The molecule has 2 aromatic carbocycles. The normalized spacial score (nSPS) is 17.3. The molecule has 0 spiro atoms. The smallest absolute Gasteiger partial charge is 0.341 e. The predicted molar refractivity (Wildman–Crippen MR) is 88.4 cm³/mol. The van der Waals surface area contributed by atoms with E-state index < -0.39 is 17.9 Å². The fourth-order valence-electron chi connectivity index (χ4n) is 3.00. The van der Waals surface area contributed by atoms with Crippen LogP contribution < -0.4 is 4.90 Å². The summed E-state index contributed by atoms with van der Waals surface area (Å²) in [6, 6.07) is 13.2. The van der Waals surface area contributed by atoms with Crippen LogP contribution in [0, 0.1) is 5.82 Å². The zero-order valence-corrected chi connectivity index (χ0v) is 13.5. The van der Waals surface area contributed by atoms with Gasteiger partial charge < -0.3 is 9.64 Å². The summed E-state index contributed by atoms with van der Waals surface area (Å²) in [5.41, 5.74) is 1.75. The first-order valence-corrected chi connectivity index (χ1v) is 7.85. The molecule has 0 saturated heterocycles. The van der Waals surface area contributed by atoms with Gasteiger partial charge in [0.05, 0.1) is 5.56 Å². The summed E-state index contributed by atoms with van der Waals surface area (Å²) >= 11 is 0. The summed E-state index contributed by atoms with van der Waals surface area (Å²) in [6.07, 6.45) is -0.235. The third-order valence-corrected chi connectivity index (χ3v) is 4.17. The van der Waals surface area contributed by atoms with Gasteiger partial charge in [-0.2, -0.15) is 0 Å². The molecular weight excluding hydrogens is 309 g/mol. The van der Waals surface area contributed by atoms with Crippen LogP contribution in [0.1, 0.15) is 29.8 Å². The van der Waals surface area contributed by atoms with E-state index in [2.05, 4.69) is 0 Å². The molecular formula is C19H18FNO3. The van der Waals surface area contributed by atoms with E-state index in [9.17, 15) is 14.0 Å². The average molecular weight is 327 g/mol. The maximum absolute atomic E-state index is 13.7. The minimum absolute atomic E-state index is 0.00971. The Morgan fingerprint density at radius 3 is 2.58 bits per heavy atom. The van der Waals surface area contributed by atoms with Crippen LogP contribution in [0.25, 0.3) is 0 Å². The number of carbonyl (C=O) groups is 2. The SMILES string of the molecule is C[C@H](OC(=O)c1ccccc1F)C(=O)N1c2ccccc2C[C@@H]1C. The van der Waals surface area contributed by atoms with Gasteiger partial charge in [0.25, 0.3) is 5.91 Å². The molecule has 1 amide bonds. The van der Waals surface area contributed by atoms with Crippen molar-refractivity contribution in [1.29, 1.82) is 0 Å². The van der Waals surface area contributed by atoms with Crippen molar-refractivity contribution in [2.45, 2.75) is 32.4 Å². The molecule has 0 radical (unpaired) electrons. The van der Waals surface area contributed by atoms with Crippen LogP contribution in [-0.4, -0.2) is 24.0 Å². The fraction of sp³-hybridized carbons (Fsp3) is 0.263. The first-order valence-electron chi connectivity index (χ1n) is 7.85. The van der Waals surface area contributed by atoms with Gasteiger partial charge in [0.1, 0.15) is 5.82 Å². The van der Waals surface area contributed by atoms with Gasteiger partial charge in [-0.3, -0.25) is 4.79 Å². The number of para-hydroxylation sites is 1.